The Morgan fingerprint density at radius 1 is 1.17 bits per heavy atom. The molecule has 1 aromatic carbocycles. The van der Waals surface area contributed by atoms with E-state index in [1.807, 2.05) is 0 Å². The van der Waals surface area contributed by atoms with Gasteiger partial charge >= 0.3 is 0 Å². The average molecular weight is 247 g/mol. The number of hydrogen-bond donors (Lipinski definition) is 2. The molecule has 0 spiro atoms. The molecule has 0 bridgehead atoms. The number of likely N-dealkylation sites (tertiary alicyclic amines) is 1. The van der Waals surface area contributed by atoms with Gasteiger partial charge in [0.2, 0.25) is 5.91 Å². The number of carbonyl (C=O) groups is 2. The molecule has 1 heterocycles. The molecule has 5 nitrogen and oxygen atoms in total. The van der Waals surface area contributed by atoms with Crippen molar-refractivity contribution in [2.24, 2.45) is 0 Å². The van der Waals surface area contributed by atoms with Crippen molar-refractivity contribution in [3.05, 3.63) is 29.8 Å². The summed E-state index contributed by atoms with van der Waals surface area (Å²) >= 11 is 0. The minimum Gasteiger partial charge on any atom is -0.399 e. The van der Waals surface area contributed by atoms with Gasteiger partial charge in [-0.05, 0) is 37.1 Å². The van der Waals surface area contributed by atoms with Gasteiger partial charge in [-0.3, -0.25) is 9.59 Å². The monoisotopic (exact) mass is 247 g/mol. The van der Waals surface area contributed by atoms with Crippen molar-refractivity contribution in [1.29, 1.82) is 0 Å². The Balaban J connectivity index is 1.84. The lowest BCUT2D eigenvalue weighted by atomic mass is 10.2. The van der Waals surface area contributed by atoms with Gasteiger partial charge in [-0.15, -0.1) is 0 Å². The molecule has 1 aliphatic heterocycles. The highest BCUT2D eigenvalue weighted by Gasteiger charge is 2.18. The van der Waals surface area contributed by atoms with Crippen LogP contribution in [0.15, 0.2) is 24.3 Å². The van der Waals surface area contributed by atoms with E-state index in [1.165, 1.54) is 0 Å². The van der Waals surface area contributed by atoms with Crippen molar-refractivity contribution in [3.8, 4) is 0 Å². The maximum absolute atomic E-state index is 11.8. The lowest BCUT2D eigenvalue weighted by Gasteiger charge is -2.15. The van der Waals surface area contributed by atoms with Gasteiger partial charge in [0.25, 0.3) is 5.91 Å². The SMILES string of the molecule is Nc1ccc(C(=O)NCC(=O)N2CCCC2)cc1. The second kappa shape index (κ2) is 5.53. The molecule has 0 saturated carbocycles. The van der Waals surface area contributed by atoms with Crippen molar-refractivity contribution in [3.63, 3.8) is 0 Å². The van der Waals surface area contributed by atoms with Crippen molar-refractivity contribution in [2.75, 3.05) is 25.4 Å². The molecule has 1 fully saturated rings. The summed E-state index contributed by atoms with van der Waals surface area (Å²) in [6.45, 7) is 1.66. The first-order chi connectivity index (χ1) is 8.66. The Hall–Kier alpha value is -2.04. The molecule has 2 amide bonds. The minimum atomic E-state index is -0.248. The summed E-state index contributed by atoms with van der Waals surface area (Å²) in [4.78, 5) is 25.3. The predicted molar refractivity (Wildman–Crippen MR) is 69.0 cm³/mol. The van der Waals surface area contributed by atoms with Crippen molar-refractivity contribution in [2.45, 2.75) is 12.8 Å². The third-order valence-electron chi connectivity index (χ3n) is 3.03. The number of carbonyl (C=O) groups excluding carboxylic acids is 2. The highest BCUT2D eigenvalue weighted by atomic mass is 16.2. The normalized spacial score (nSPS) is 14.6. The third-order valence-corrected chi connectivity index (χ3v) is 3.03. The second-order valence-electron chi connectivity index (χ2n) is 4.39. The third kappa shape index (κ3) is 3.00. The average Bonchev–Trinajstić information content (AvgIpc) is 2.90. The van der Waals surface area contributed by atoms with E-state index in [4.69, 9.17) is 5.73 Å². The fraction of sp³-hybridized carbons (Fsp3) is 0.385. The summed E-state index contributed by atoms with van der Waals surface area (Å²) < 4.78 is 0. The summed E-state index contributed by atoms with van der Waals surface area (Å²) in [5.74, 6) is -0.265. The highest BCUT2D eigenvalue weighted by Crippen LogP contribution is 2.07. The van der Waals surface area contributed by atoms with Gasteiger partial charge in [0.05, 0.1) is 6.54 Å². The molecule has 2 rings (SSSR count). The van der Waals surface area contributed by atoms with E-state index in [-0.39, 0.29) is 18.4 Å². The van der Waals surface area contributed by atoms with Crippen LogP contribution < -0.4 is 11.1 Å². The van der Waals surface area contributed by atoms with E-state index in [1.54, 1.807) is 29.2 Å². The standard InChI is InChI=1S/C13H17N3O2/c14-11-5-3-10(4-6-11)13(18)15-9-12(17)16-7-1-2-8-16/h3-6H,1-2,7-9,14H2,(H,15,18). The summed E-state index contributed by atoms with van der Waals surface area (Å²) in [7, 11) is 0. The van der Waals surface area contributed by atoms with E-state index in [2.05, 4.69) is 5.32 Å². The van der Waals surface area contributed by atoms with Gasteiger partial charge < -0.3 is 16.0 Å². The van der Waals surface area contributed by atoms with Gasteiger partial charge in [-0.25, -0.2) is 0 Å². The van der Waals surface area contributed by atoms with E-state index >= 15 is 0 Å². The smallest absolute Gasteiger partial charge is 0.251 e. The van der Waals surface area contributed by atoms with Gasteiger partial charge in [-0.2, -0.15) is 0 Å². The Bertz CT molecular complexity index is 436. The fourth-order valence-electron chi connectivity index (χ4n) is 1.97. The molecule has 0 atom stereocenters. The van der Waals surface area contributed by atoms with Gasteiger partial charge in [0.1, 0.15) is 0 Å². The minimum absolute atomic E-state index is 0.0173. The molecule has 0 aromatic heterocycles. The number of nitrogens with two attached hydrogens (primary N) is 1. The molecule has 96 valence electrons. The second-order valence-corrected chi connectivity index (χ2v) is 4.39. The topological polar surface area (TPSA) is 75.4 Å². The quantitative estimate of drug-likeness (QED) is 0.769. The van der Waals surface area contributed by atoms with Crippen LogP contribution in [-0.2, 0) is 4.79 Å². The van der Waals surface area contributed by atoms with Crippen LogP contribution in [0.1, 0.15) is 23.2 Å². The first-order valence-corrected chi connectivity index (χ1v) is 6.08. The zero-order valence-electron chi connectivity index (χ0n) is 10.2. The number of hydrogen-bond acceptors (Lipinski definition) is 3. The predicted octanol–water partition coefficient (Wildman–Crippen LogP) is 0.621. The molecule has 0 aliphatic carbocycles. The Labute approximate surface area is 106 Å². The molecule has 18 heavy (non-hydrogen) atoms. The van der Waals surface area contributed by atoms with Crippen LogP contribution in [0.3, 0.4) is 0 Å². The molecular weight excluding hydrogens is 230 g/mol. The van der Waals surface area contributed by atoms with E-state index in [0.717, 1.165) is 25.9 Å². The van der Waals surface area contributed by atoms with Crippen molar-refractivity contribution < 1.29 is 9.59 Å². The van der Waals surface area contributed by atoms with Crippen molar-refractivity contribution in [1.82, 2.24) is 10.2 Å². The van der Waals surface area contributed by atoms with Crippen LogP contribution in [0.5, 0.6) is 0 Å². The molecule has 5 heteroatoms. The summed E-state index contributed by atoms with van der Waals surface area (Å²) in [6.07, 6.45) is 2.11. The maximum Gasteiger partial charge on any atom is 0.251 e. The summed E-state index contributed by atoms with van der Waals surface area (Å²) in [5, 5.41) is 2.62. The molecule has 0 radical (unpaired) electrons. The molecule has 1 saturated heterocycles. The Morgan fingerprint density at radius 3 is 2.39 bits per heavy atom. The van der Waals surface area contributed by atoms with Crippen LogP contribution >= 0.6 is 0 Å². The number of nitrogens with one attached hydrogen (secondary N) is 1. The van der Waals surface area contributed by atoms with Crippen LogP contribution in [0.2, 0.25) is 0 Å². The van der Waals surface area contributed by atoms with Crippen LogP contribution in [0.4, 0.5) is 5.69 Å². The number of amides is 2. The lowest BCUT2D eigenvalue weighted by molar-refractivity contribution is -0.129. The fourth-order valence-corrected chi connectivity index (χ4v) is 1.97. The molecule has 1 aromatic rings. The zero-order chi connectivity index (χ0) is 13.0. The first-order valence-electron chi connectivity index (χ1n) is 6.08. The molecular formula is C13H17N3O2. The van der Waals surface area contributed by atoms with Crippen LogP contribution in [-0.4, -0.2) is 36.3 Å². The number of nitrogen functional groups attached to an aromatic ring is 1. The maximum atomic E-state index is 11.8. The van der Waals surface area contributed by atoms with E-state index < -0.39 is 0 Å². The van der Waals surface area contributed by atoms with Gasteiger partial charge in [-0.1, -0.05) is 0 Å². The van der Waals surface area contributed by atoms with E-state index in [0.29, 0.717) is 11.3 Å². The highest BCUT2D eigenvalue weighted by molar-refractivity contribution is 5.96. The summed E-state index contributed by atoms with van der Waals surface area (Å²) in [5.41, 5.74) is 6.66. The van der Waals surface area contributed by atoms with Crippen LogP contribution in [0.25, 0.3) is 0 Å². The van der Waals surface area contributed by atoms with Gasteiger partial charge in [0, 0.05) is 24.3 Å². The van der Waals surface area contributed by atoms with E-state index in [9.17, 15) is 9.59 Å². The zero-order valence-corrected chi connectivity index (χ0v) is 10.2. The van der Waals surface area contributed by atoms with Gasteiger partial charge in [0.15, 0.2) is 0 Å². The number of rotatable bonds is 3. The Morgan fingerprint density at radius 2 is 1.78 bits per heavy atom. The lowest BCUT2D eigenvalue weighted by Crippen LogP contribution is -2.38. The molecule has 0 unspecified atom stereocenters. The largest absolute Gasteiger partial charge is 0.399 e. The van der Waals surface area contributed by atoms with Crippen LogP contribution in [0, 0.1) is 0 Å². The Kier molecular flexibility index (Phi) is 3.82. The summed E-state index contributed by atoms with van der Waals surface area (Å²) in [6, 6.07) is 6.62. The van der Waals surface area contributed by atoms with Crippen molar-refractivity contribution >= 4 is 17.5 Å². The number of nitrogens with zero attached hydrogens (tertiary/aromatic N) is 1. The number of anilines is 1. The number of benzene rings is 1. The molecule has 3 N–H and O–H groups in total. The molecule has 1 aliphatic rings. The first kappa shape index (κ1) is 12.4.